The van der Waals surface area contributed by atoms with E-state index < -0.39 is 27.7 Å². The van der Waals surface area contributed by atoms with Gasteiger partial charge in [0.25, 0.3) is 10.0 Å². The van der Waals surface area contributed by atoms with Crippen molar-refractivity contribution in [1.82, 2.24) is 4.31 Å². The van der Waals surface area contributed by atoms with Gasteiger partial charge in [0.2, 0.25) is 5.88 Å². The molecule has 0 fully saturated rings. The van der Waals surface area contributed by atoms with E-state index in [0.29, 0.717) is 16.1 Å². The van der Waals surface area contributed by atoms with Crippen LogP contribution >= 0.6 is 11.6 Å². The van der Waals surface area contributed by atoms with Crippen molar-refractivity contribution >= 4 is 27.6 Å². The summed E-state index contributed by atoms with van der Waals surface area (Å²) in [6.07, 6.45) is 1.41. The molecule has 0 saturated heterocycles. The van der Waals surface area contributed by atoms with E-state index in [1.165, 1.54) is 48.5 Å². The second kappa shape index (κ2) is 13.8. The number of benzene rings is 5. The average molecular weight is 642 g/mol. The van der Waals surface area contributed by atoms with E-state index in [9.17, 15) is 22.7 Å². The molecule has 0 aliphatic heterocycles. The Hall–Kier alpha value is -4.92. The predicted octanol–water partition coefficient (Wildman–Crippen LogP) is 8.21. The van der Waals surface area contributed by atoms with E-state index in [-0.39, 0.29) is 34.2 Å². The van der Waals surface area contributed by atoms with E-state index in [1.54, 1.807) is 72.8 Å². The van der Waals surface area contributed by atoms with Gasteiger partial charge in [0.15, 0.2) is 0 Å². The molecule has 0 amide bonds. The van der Waals surface area contributed by atoms with Gasteiger partial charge >= 0.3 is 5.97 Å². The van der Waals surface area contributed by atoms with Gasteiger partial charge in [-0.2, -0.15) is 0 Å². The van der Waals surface area contributed by atoms with Gasteiger partial charge in [-0.15, -0.1) is 0 Å². The number of hydrogen-bond acceptors (Lipinski definition) is 5. The third-order valence-electron chi connectivity index (χ3n) is 7.09. The highest BCUT2D eigenvalue weighted by Crippen LogP contribution is 2.36. The van der Waals surface area contributed by atoms with Crippen LogP contribution in [0.15, 0.2) is 144 Å². The summed E-state index contributed by atoms with van der Waals surface area (Å²) in [4.78, 5) is 13.5. The number of aromatic hydroxyl groups is 1. The zero-order chi connectivity index (χ0) is 32.0. The highest BCUT2D eigenvalue weighted by Gasteiger charge is 2.32. The number of aryl methyl sites for hydroxylation is 1. The number of carbonyl (C=O) groups excluding carboxylic acids is 1. The lowest BCUT2D eigenvalue weighted by atomic mass is 9.90. The minimum Gasteiger partial charge on any atom is -0.508 e. The Labute approximate surface area is 266 Å². The van der Waals surface area contributed by atoms with Gasteiger partial charge in [-0.25, -0.2) is 21.9 Å². The van der Waals surface area contributed by atoms with Gasteiger partial charge in [-0.05, 0) is 78.7 Å². The van der Waals surface area contributed by atoms with Crippen molar-refractivity contribution in [3.05, 3.63) is 178 Å². The maximum absolute atomic E-state index is 14.6. The highest BCUT2D eigenvalue weighted by atomic mass is 35.5. The monoisotopic (exact) mass is 641 g/mol. The summed E-state index contributed by atoms with van der Waals surface area (Å²) in [5, 5.41) is 11.3. The minimum atomic E-state index is -4.35. The zero-order valence-electron chi connectivity index (χ0n) is 24.2. The maximum Gasteiger partial charge on any atom is 0.344 e. The molecule has 0 spiro atoms. The number of phenols is 1. The second-order valence-electron chi connectivity index (χ2n) is 10.3. The van der Waals surface area contributed by atoms with E-state index in [1.807, 2.05) is 6.92 Å². The Morgan fingerprint density at radius 3 is 2.16 bits per heavy atom. The average Bonchev–Trinajstić information content (AvgIpc) is 3.04. The molecule has 0 bridgehead atoms. The maximum atomic E-state index is 14.6. The smallest absolute Gasteiger partial charge is 0.344 e. The molecular formula is C36H29ClFNO5S. The Morgan fingerprint density at radius 2 is 1.51 bits per heavy atom. The summed E-state index contributed by atoms with van der Waals surface area (Å²) in [6.45, 7) is 1.64. The molecular weight excluding hydrogens is 613 g/mol. The number of allylic oxidation sites excluding steroid dienone is 1. The molecule has 45 heavy (non-hydrogen) atoms. The van der Waals surface area contributed by atoms with E-state index in [2.05, 4.69) is 0 Å². The standard InChI is InChI=1S/C36H29ClFNO5S/c1-25-12-19-31(20-13-25)45(42,43)39(24-26-8-4-2-5-9-26)35(44-36(41)28-14-16-29(37)17-15-28)23-32(27-10-6-3-7-11-27)33-22-30(38)18-21-34(33)40/h2-23,32,40H,24H2,1H3/b35-23+/t32-/m0/s1. The Kier molecular flexibility index (Phi) is 9.66. The van der Waals surface area contributed by atoms with Gasteiger partial charge in [-0.1, -0.05) is 90.0 Å². The first-order valence-corrected chi connectivity index (χ1v) is 15.8. The number of rotatable bonds is 10. The van der Waals surface area contributed by atoms with Crippen LogP contribution in [0, 0.1) is 12.7 Å². The third kappa shape index (κ3) is 7.60. The van der Waals surface area contributed by atoms with Gasteiger partial charge < -0.3 is 9.84 Å². The molecule has 0 heterocycles. The topological polar surface area (TPSA) is 83.9 Å². The summed E-state index contributed by atoms with van der Waals surface area (Å²) in [6, 6.07) is 33.4. The molecule has 6 nitrogen and oxygen atoms in total. The zero-order valence-corrected chi connectivity index (χ0v) is 25.8. The van der Waals surface area contributed by atoms with Crippen LogP contribution in [0.2, 0.25) is 5.02 Å². The third-order valence-corrected chi connectivity index (χ3v) is 9.10. The van der Waals surface area contributed by atoms with Crippen LogP contribution in [0.3, 0.4) is 0 Å². The lowest BCUT2D eigenvalue weighted by Gasteiger charge is -2.28. The summed E-state index contributed by atoms with van der Waals surface area (Å²) in [5.41, 5.74) is 2.34. The Morgan fingerprint density at radius 1 is 0.889 bits per heavy atom. The molecule has 0 aromatic heterocycles. The molecule has 0 radical (unpaired) electrons. The summed E-state index contributed by atoms with van der Waals surface area (Å²) in [5.74, 6) is -2.94. The van der Waals surface area contributed by atoms with Crippen molar-refractivity contribution in [1.29, 1.82) is 0 Å². The molecule has 0 aliphatic rings. The van der Waals surface area contributed by atoms with Crippen LogP contribution in [-0.4, -0.2) is 23.8 Å². The molecule has 1 atom stereocenters. The van der Waals surface area contributed by atoms with Crippen molar-refractivity contribution in [2.75, 3.05) is 0 Å². The van der Waals surface area contributed by atoms with Crippen LogP contribution in [0.4, 0.5) is 4.39 Å². The lowest BCUT2D eigenvalue weighted by Crippen LogP contribution is -2.33. The summed E-state index contributed by atoms with van der Waals surface area (Å²) in [7, 11) is -4.35. The van der Waals surface area contributed by atoms with Crippen molar-refractivity contribution in [2.45, 2.75) is 24.3 Å². The van der Waals surface area contributed by atoms with Crippen molar-refractivity contribution in [3.63, 3.8) is 0 Å². The number of hydrogen-bond donors (Lipinski definition) is 1. The molecule has 0 aliphatic carbocycles. The Bertz CT molecular complexity index is 1910. The van der Waals surface area contributed by atoms with E-state index in [4.69, 9.17) is 16.3 Å². The molecule has 0 unspecified atom stereocenters. The first kappa shape index (κ1) is 31.5. The van der Waals surface area contributed by atoms with Crippen molar-refractivity contribution in [3.8, 4) is 5.75 Å². The van der Waals surface area contributed by atoms with Crippen LogP contribution in [0.5, 0.6) is 5.75 Å². The Balaban J connectivity index is 1.75. The minimum absolute atomic E-state index is 0.0256. The first-order chi connectivity index (χ1) is 21.6. The number of halogens is 2. The predicted molar refractivity (Wildman–Crippen MR) is 172 cm³/mol. The van der Waals surface area contributed by atoms with E-state index in [0.717, 1.165) is 22.0 Å². The largest absolute Gasteiger partial charge is 0.508 e. The number of carbonyl (C=O) groups is 1. The van der Waals surface area contributed by atoms with Crippen LogP contribution in [0.1, 0.15) is 38.5 Å². The molecule has 1 N–H and O–H groups in total. The highest BCUT2D eigenvalue weighted by molar-refractivity contribution is 7.89. The van der Waals surface area contributed by atoms with E-state index >= 15 is 0 Å². The van der Waals surface area contributed by atoms with Crippen LogP contribution in [0.25, 0.3) is 0 Å². The normalized spacial score (nSPS) is 12.4. The van der Waals surface area contributed by atoms with Crippen molar-refractivity contribution in [2.24, 2.45) is 0 Å². The molecule has 5 aromatic rings. The molecule has 228 valence electrons. The fourth-order valence-electron chi connectivity index (χ4n) is 4.72. The van der Waals surface area contributed by atoms with Gasteiger partial charge in [0, 0.05) is 16.5 Å². The molecule has 0 saturated carbocycles. The lowest BCUT2D eigenvalue weighted by molar-refractivity contribution is 0.0552. The van der Waals surface area contributed by atoms with Crippen LogP contribution in [-0.2, 0) is 21.3 Å². The van der Waals surface area contributed by atoms with Gasteiger partial charge in [0.1, 0.15) is 11.6 Å². The molecule has 5 aromatic carbocycles. The number of esters is 1. The van der Waals surface area contributed by atoms with Crippen LogP contribution < -0.4 is 0 Å². The fourth-order valence-corrected chi connectivity index (χ4v) is 6.23. The molecule has 5 rings (SSSR count). The van der Waals surface area contributed by atoms with Gasteiger partial charge in [0.05, 0.1) is 17.0 Å². The summed E-state index contributed by atoms with van der Waals surface area (Å²) < 4.78 is 50.3. The number of phenolic OH excluding ortho intramolecular Hbond substituents is 1. The quantitative estimate of drug-likeness (QED) is 0.123. The number of ether oxygens (including phenoxy) is 1. The number of sulfonamides is 1. The van der Waals surface area contributed by atoms with Gasteiger partial charge in [-0.3, -0.25) is 0 Å². The molecule has 9 heteroatoms. The SMILES string of the molecule is Cc1ccc(S(=O)(=O)N(Cc2ccccc2)/C(=C\[C@@H](c2ccccc2)c2cc(F)ccc2O)OC(=O)c2ccc(Cl)cc2)cc1. The fraction of sp³-hybridized carbons (Fsp3) is 0.0833. The second-order valence-corrected chi connectivity index (χ2v) is 12.6. The van der Waals surface area contributed by atoms with Crippen molar-refractivity contribution < 1.29 is 27.4 Å². The number of nitrogens with zero attached hydrogens (tertiary/aromatic N) is 1. The summed E-state index contributed by atoms with van der Waals surface area (Å²) >= 11 is 6.03. The first-order valence-electron chi connectivity index (χ1n) is 14.0.